The van der Waals surface area contributed by atoms with Crippen molar-refractivity contribution in [3.8, 4) is 18.0 Å². The molecule has 0 saturated carbocycles. The zero-order valence-electron chi connectivity index (χ0n) is 50.2. The molecule has 37 heteroatoms. The molecule has 25 nitrogen and oxygen atoms in total. The summed E-state index contributed by atoms with van der Waals surface area (Å²) >= 11 is 17.6. The monoisotopic (exact) mass is 1420 g/mol. The Morgan fingerprint density at radius 1 is 0.443 bits per heavy atom. The Bertz CT molecular complexity index is 4000. The first-order chi connectivity index (χ1) is 46.1. The number of anilines is 7. The number of halogens is 12. The zero-order valence-corrected chi connectivity index (χ0v) is 52.5. The van der Waals surface area contributed by atoms with Crippen LogP contribution >= 0.6 is 34.8 Å². The molecule has 9 rings (SSSR count). The van der Waals surface area contributed by atoms with E-state index in [-0.39, 0.29) is 63.6 Å². The molecule has 9 aromatic rings. The zero-order chi connectivity index (χ0) is 70.3. The van der Waals surface area contributed by atoms with Crippen molar-refractivity contribution in [3.05, 3.63) is 200 Å². The molecule has 0 aliphatic heterocycles. The predicted octanol–water partition coefficient (Wildman–Crippen LogP) is 13.0. The number of nitrogens with zero attached hydrogens (tertiary/aromatic N) is 10. The summed E-state index contributed by atoms with van der Waals surface area (Å²) in [4.78, 5) is 70.4. The van der Waals surface area contributed by atoms with E-state index in [0.717, 1.165) is 22.9 Å². The van der Waals surface area contributed by atoms with Crippen LogP contribution in [0.3, 0.4) is 0 Å². The fourth-order valence-electron chi connectivity index (χ4n) is 7.34. The van der Waals surface area contributed by atoms with Gasteiger partial charge in [-0.2, -0.15) is 74.1 Å². The second kappa shape index (κ2) is 34.4. The Morgan fingerprint density at radius 3 is 1.10 bits per heavy atom. The van der Waals surface area contributed by atoms with Crippen LogP contribution in [0, 0.1) is 0 Å². The van der Waals surface area contributed by atoms with Crippen molar-refractivity contribution in [2.45, 2.75) is 38.2 Å². The van der Waals surface area contributed by atoms with Crippen molar-refractivity contribution in [1.29, 1.82) is 0 Å². The summed E-state index contributed by atoms with van der Waals surface area (Å²) < 4.78 is 141. The van der Waals surface area contributed by atoms with Gasteiger partial charge in [-0.25, -0.2) is 29.3 Å². The first kappa shape index (κ1) is 73.4. The van der Waals surface area contributed by atoms with Crippen LogP contribution in [-0.2, 0) is 33.8 Å². The summed E-state index contributed by atoms with van der Waals surface area (Å²) in [6.07, 6.45) is -10.0. The van der Waals surface area contributed by atoms with Crippen molar-refractivity contribution in [1.82, 2.24) is 44.6 Å². The predicted molar refractivity (Wildman–Crippen MR) is 333 cm³/mol. The molecule has 0 bridgehead atoms. The molecule has 0 saturated heterocycles. The fourth-order valence-corrected chi connectivity index (χ4v) is 7.72. The van der Waals surface area contributed by atoms with Gasteiger partial charge in [0.05, 0.1) is 44.2 Å². The van der Waals surface area contributed by atoms with Gasteiger partial charge in [0.15, 0.2) is 31.1 Å². The fraction of sp³-hybridized carbons (Fsp3) is 0.200. The summed E-state index contributed by atoms with van der Waals surface area (Å²) in [6, 6.07) is 32.3. The number of benzene rings is 3. The third-order valence-corrected chi connectivity index (χ3v) is 12.6. The molecule has 0 atom stereocenters. The number of hydrogen-bond donors (Lipinski definition) is 6. The van der Waals surface area contributed by atoms with E-state index < -0.39 is 74.3 Å². The number of aromatic nitrogens is 9. The number of nitrogens with one attached hydrogen (secondary N) is 5. The number of ether oxygens (including phenoxy) is 6. The maximum Gasteiger partial charge on any atom is 0.422 e. The number of rotatable bonds is 23. The van der Waals surface area contributed by atoms with Gasteiger partial charge in [-0.05, 0) is 89.5 Å². The molecule has 0 spiro atoms. The van der Waals surface area contributed by atoms with E-state index in [1.807, 2.05) is 0 Å². The lowest BCUT2D eigenvalue weighted by molar-refractivity contribution is -0.155. The highest BCUT2D eigenvalue weighted by Gasteiger charge is 2.31. The number of methoxy groups -OCH3 is 3. The Kier molecular flexibility index (Phi) is 26.1. The van der Waals surface area contributed by atoms with E-state index >= 15 is 0 Å². The van der Waals surface area contributed by atoms with E-state index in [1.165, 1.54) is 88.3 Å². The standard InChI is InChI=1S/C20H17ClF3N5O4.2C20H17ClF3N5O3/c1-32-18(30)13-4-7-17(29(31)10-13)26-16-8-15(25-9-12-2-5-14(21)6-3-12)27-19(28-16)33-11-20(22,23)24;2*1-31-18(30)13-4-7-15(26-10-13)27-17-8-16(25-9-12-2-5-14(21)6-3-12)28-19(29-17)32-11-20(22,23)24/h2-8,10,31H,9,11H2,1H3,(H,25,27,28);2*2-8,10H,9,11H2,1H3,(H2,25,26,27,28,29). The van der Waals surface area contributed by atoms with Crippen molar-refractivity contribution < 1.29 is 87.5 Å². The van der Waals surface area contributed by atoms with Gasteiger partial charge in [0, 0.05) is 65.3 Å². The Morgan fingerprint density at radius 2 is 0.773 bits per heavy atom. The molecule has 510 valence electrons. The normalized spacial score (nSPS) is 11.3. The first-order valence-electron chi connectivity index (χ1n) is 27.4. The Hall–Kier alpha value is -11.0. The molecule has 0 amide bonds. The van der Waals surface area contributed by atoms with Crippen molar-refractivity contribution in [3.63, 3.8) is 0 Å². The van der Waals surface area contributed by atoms with Gasteiger partial charge < -0.3 is 60.2 Å². The molecule has 6 N–H and O–H groups in total. The van der Waals surface area contributed by atoms with Crippen LogP contribution in [0.2, 0.25) is 15.1 Å². The molecular weight excluding hydrogens is 1370 g/mol. The lowest BCUT2D eigenvalue weighted by Gasteiger charge is -2.13. The molecule has 6 aromatic heterocycles. The van der Waals surface area contributed by atoms with E-state index in [9.17, 15) is 59.1 Å². The molecule has 0 aliphatic rings. The number of alkyl halides is 9. The average Bonchev–Trinajstić information content (AvgIpc) is 1.14. The van der Waals surface area contributed by atoms with E-state index in [4.69, 9.17) is 44.3 Å². The van der Waals surface area contributed by atoms with Crippen LogP contribution in [-0.4, -0.2) is 127 Å². The number of esters is 3. The maximum atomic E-state index is 12.6. The van der Waals surface area contributed by atoms with Crippen LogP contribution in [0.4, 0.5) is 86.1 Å². The van der Waals surface area contributed by atoms with Gasteiger partial charge in [-0.1, -0.05) is 71.2 Å². The summed E-state index contributed by atoms with van der Waals surface area (Å²) in [5.41, 5.74) is 3.05. The number of carbonyl (C=O) groups is 3. The van der Waals surface area contributed by atoms with Gasteiger partial charge in [-0.3, -0.25) is 0 Å². The van der Waals surface area contributed by atoms with Crippen molar-refractivity contribution in [2.24, 2.45) is 4.99 Å². The van der Waals surface area contributed by atoms with Gasteiger partial charge in [0.25, 0.3) is 0 Å². The van der Waals surface area contributed by atoms with Gasteiger partial charge in [0.2, 0.25) is 0 Å². The number of hydrogen-bond acceptors (Lipinski definition) is 24. The minimum Gasteiger partial charge on any atom is -0.465 e. The maximum absolute atomic E-state index is 12.6. The second-order valence-electron chi connectivity index (χ2n) is 19.2. The van der Waals surface area contributed by atoms with Crippen molar-refractivity contribution >= 4 is 99.3 Å². The summed E-state index contributed by atoms with van der Waals surface area (Å²) in [7, 11) is 3.68. The summed E-state index contributed by atoms with van der Waals surface area (Å²) in [6.45, 7) is -3.74. The lowest BCUT2D eigenvalue weighted by atomic mass is 10.2. The number of carbonyl (C=O) groups excluding carboxylic acids is 3. The molecule has 97 heavy (non-hydrogen) atoms. The first-order valence-corrected chi connectivity index (χ1v) is 28.6. The van der Waals surface area contributed by atoms with Crippen LogP contribution in [0.5, 0.6) is 18.0 Å². The lowest BCUT2D eigenvalue weighted by Crippen LogP contribution is -2.21. The molecule has 0 radical (unpaired) electrons. The van der Waals surface area contributed by atoms with E-state index in [2.05, 4.69) is 90.4 Å². The number of pyridine rings is 3. The third-order valence-electron chi connectivity index (χ3n) is 11.8. The molecular formula is C60H51Cl3F9N15O10. The topological polar surface area (TPSA) is 307 Å². The Labute approximate surface area is 558 Å². The van der Waals surface area contributed by atoms with Gasteiger partial charge in [0.1, 0.15) is 40.7 Å². The molecule has 3 aromatic carbocycles. The van der Waals surface area contributed by atoms with Crippen LogP contribution in [0.15, 0.2) is 151 Å². The molecule has 6 heterocycles. The van der Waals surface area contributed by atoms with Crippen LogP contribution in [0.25, 0.3) is 0 Å². The highest BCUT2D eigenvalue weighted by molar-refractivity contribution is 6.31. The van der Waals surface area contributed by atoms with E-state index in [0.29, 0.717) is 44.5 Å². The van der Waals surface area contributed by atoms with Crippen LogP contribution < -0.4 is 46.3 Å². The molecule has 0 unspecified atom stereocenters. The van der Waals surface area contributed by atoms with Crippen molar-refractivity contribution in [2.75, 3.05) is 67.7 Å². The largest absolute Gasteiger partial charge is 0.465 e. The summed E-state index contributed by atoms with van der Waals surface area (Å²) in [5.74, 6) is -0.456. The average molecular weight is 1420 g/mol. The third kappa shape index (κ3) is 25.7. The van der Waals surface area contributed by atoms with E-state index in [1.54, 1.807) is 72.8 Å². The van der Waals surface area contributed by atoms with Crippen LogP contribution in [0.1, 0.15) is 47.8 Å². The smallest absolute Gasteiger partial charge is 0.422 e. The highest BCUT2D eigenvalue weighted by atomic mass is 35.5. The quantitative estimate of drug-likeness (QED) is 0.0150. The Balaban J connectivity index is 0.000000205. The SMILES string of the molecule is COC(=O)c1ccc(=Nc2cc(NCc3ccc(Cl)cc3)nc(OCC(F)(F)F)n2)n(O)c1.COC(=O)c1ccc(Nc2cc(NCc3ccc(Cl)cc3)nc(OCC(F)(F)F)n2)nc1.COC(=O)c1ccc(Nc2cc(NCc3ccc(Cl)cc3)nc(OCC(F)(F)F)n2)nc1. The highest BCUT2D eigenvalue weighted by Crippen LogP contribution is 2.27. The second-order valence-corrected chi connectivity index (χ2v) is 20.5. The molecule has 0 aliphatic carbocycles. The summed E-state index contributed by atoms with van der Waals surface area (Å²) in [5, 5.41) is 26.4. The minimum absolute atomic E-state index is 0.0566. The molecule has 0 fully saturated rings. The minimum atomic E-state index is -4.59. The van der Waals surface area contributed by atoms with Gasteiger partial charge in [-0.15, -0.1) is 0 Å². The van der Waals surface area contributed by atoms with Gasteiger partial charge >= 0.3 is 54.5 Å².